The summed E-state index contributed by atoms with van der Waals surface area (Å²) >= 11 is 0. The molecular formula is C16H20F2N2O3. The number of carbonyl (C=O) groups excluding carboxylic acids is 2. The molecular weight excluding hydrogens is 306 g/mol. The zero-order valence-electron chi connectivity index (χ0n) is 13.0. The highest BCUT2D eigenvalue weighted by atomic mass is 19.1. The summed E-state index contributed by atoms with van der Waals surface area (Å²) in [5, 5.41) is 2.40. The van der Waals surface area contributed by atoms with Crippen molar-refractivity contribution in [2.45, 2.75) is 12.8 Å². The molecule has 0 bridgehead atoms. The smallest absolute Gasteiger partial charge is 0.251 e. The first-order valence-corrected chi connectivity index (χ1v) is 7.50. The third-order valence-electron chi connectivity index (χ3n) is 3.80. The summed E-state index contributed by atoms with van der Waals surface area (Å²) < 4.78 is 31.3. The van der Waals surface area contributed by atoms with Crippen LogP contribution < -0.4 is 5.32 Å². The molecule has 0 unspecified atom stereocenters. The number of hydrogen-bond acceptors (Lipinski definition) is 3. The summed E-state index contributed by atoms with van der Waals surface area (Å²) in [6.07, 6.45) is 1.90. The van der Waals surface area contributed by atoms with Crippen LogP contribution in [0, 0.1) is 17.6 Å². The zero-order valence-corrected chi connectivity index (χ0v) is 13.0. The number of benzene rings is 1. The average molecular weight is 326 g/mol. The maximum atomic E-state index is 13.1. The summed E-state index contributed by atoms with van der Waals surface area (Å²) in [4.78, 5) is 25.7. The summed E-state index contributed by atoms with van der Waals surface area (Å²) in [6.45, 7) is 1.63. The maximum Gasteiger partial charge on any atom is 0.251 e. The van der Waals surface area contributed by atoms with Crippen molar-refractivity contribution in [3.63, 3.8) is 0 Å². The SMILES string of the molecule is COC[C@@H]1CCCN(C(=O)CNC(=O)c2cc(F)cc(F)c2)C1. The molecule has 1 aliphatic rings. The molecule has 1 heterocycles. The van der Waals surface area contributed by atoms with Crippen molar-refractivity contribution in [2.75, 3.05) is 33.4 Å². The van der Waals surface area contributed by atoms with Crippen molar-refractivity contribution in [2.24, 2.45) is 5.92 Å². The van der Waals surface area contributed by atoms with Crippen molar-refractivity contribution in [1.82, 2.24) is 10.2 Å². The molecule has 23 heavy (non-hydrogen) atoms. The standard InChI is InChI=1S/C16H20F2N2O3/c1-23-10-11-3-2-4-20(9-11)15(21)8-19-16(22)12-5-13(17)7-14(18)6-12/h5-7,11H,2-4,8-10H2,1H3,(H,19,22)/t11-/m1/s1. The minimum Gasteiger partial charge on any atom is -0.384 e. The van der Waals surface area contributed by atoms with E-state index < -0.39 is 17.5 Å². The maximum absolute atomic E-state index is 13.1. The Hall–Kier alpha value is -2.02. The summed E-state index contributed by atoms with van der Waals surface area (Å²) in [7, 11) is 1.62. The number of nitrogens with zero attached hydrogens (tertiary/aromatic N) is 1. The second-order valence-electron chi connectivity index (χ2n) is 5.64. The Morgan fingerprint density at radius 3 is 2.65 bits per heavy atom. The Kier molecular flexibility index (Phi) is 6.04. The summed E-state index contributed by atoms with van der Waals surface area (Å²) in [5.74, 6) is -2.26. The van der Waals surface area contributed by atoms with E-state index in [1.165, 1.54) is 0 Å². The molecule has 0 spiro atoms. The number of nitrogens with one attached hydrogen (secondary N) is 1. The molecule has 1 atom stereocenters. The van der Waals surface area contributed by atoms with Crippen LogP contribution >= 0.6 is 0 Å². The molecule has 0 saturated carbocycles. The van der Waals surface area contributed by atoms with Gasteiger partial charge in [0.05, 0.1) is 13.2 Å². The Bertz CT molecular complexity index is 558. The van der Waals surface area contributed by atoms with Gasteiger partial charge in [-0.15, -0.1) is 0 Å². The van der Waals surface area contributed by atoms with Gasteiger partial charge in [0.1, 0.15) is 11.6 Å². The molecule has 126 valence electrons. The number of carbonyl (C=O) groups is 2. The van der Waals surface area contributed by atoms with Crippen LogP contribution in [0.1, 0.15) is 23.2 Å². The minimum atomic E-state index is -0.833. The Morgan fingerprint density at radius 1 is 1.30 bits per heavy atom. The van der Waals surface area contributed by atoms with Crippen molar-refractivity contribution >= 4 is 11.8 Å². The van der Waals surface area contributed by atoms with E-state index in [1.807, 2.05) is 0 Å². The Balaban J connectivity index is 1.87. The predicted octanol–water partition coefficient (Wildman–Crippen LogP) is 1.58. The van der Waals surface area contributed by atoms with Gasteiger partial charge in [0.25, 0.3) is 5.91 Å². The number of rotatable bonds is 5. The van der Waals surface area contributed by atoms with E-state index in [2.05, 4.69) is 5.32 Å². The van der Waals surface area contributed by atoms with Crippen LogP contribution in [0.4, 0.5) is 8.78 Å². The predicted molar refractivity (Wildman–Crippen MR) is 79.9 cm³/mol. The van der Waals surface area contributed by atoms with Crippen LogP contribution in [0.5, 0.6) is 0 Å². The van der Waals surface area contributed by atoms with Gasteiger partial charge in [-0.25, -0.2) is 8.78 Å². The van der Waals surface area contributed by atoms with Gasteiger partial charge in [0.2, 0.25) is 5.91 Å². The second-order valence-corrected chi connectivity index (χ2v) is 5.64. The lowest BCUT2D eigenvalue weighted by Crippen LogP contribution is -2.45. The van der Waals surface area contributed by atoms with Crippen molar-refractivity contribution in [3.05, 3.63) is 35.4 Å². The largest absolute Gasteiger partial charge is 0.384 e. The molecule has 1 aliphatic heterocycles. The van der Waals surface area contributed by atoms with Gasteiger partial charge >= 0.3 is 0 Å². The molecule has 0 aromatic heterocycles. The highest BCUT2D eigenvalue weighted by molar-refractivity contribution is 5.96. The molecule has 0 aliphatic carbocycles. The van der Waals surface area contributed by atoms with Crippen molar-refractivity contribution in [1.29, 1.82) is 0 Å². The van der Waals surface area contributed by atoms with Crippen LogP contribution in [0.3, 0.4) is 0 Å². The minimum absolute atomic E-state index is 0.147. The Labute approximate surface area is 133 Å². The van der Waals surface area contributed by atoms with Gasteiger partial charge < -0.3 is 15.0 Å². The lowest BCUT2D eigenvalue weighted by molar-refractivity contribution is -0.132. The molecule has 0 radical (unpaired) electrons. The van der Waals surface area contributed by atoms with Crippen molar-refractivity contribution < 1.29 is 23.1 Å². The van der Waals surface area contributed by atoms with Crippen molar-refractivity contribution in [3.8, 4) is 0 Å². The summed E-state index contributed by atoms with van der Waals surface area (Å²) in [5.41, 5.74) is -0.147. The van der Waals surface area contributed by atoms with E-state index >= 15 is 0 Å². The highest BCUT2D eigenvalue weighted by Gasteiger charge is 2.23. The van der Waals surface area contributed by atoms with Gasteiger partial charge in [-0.2, -0.15) is 0 Å². The number of hydrogen-bond donors (Lipinski definition) is 1. The monoisotopic (exact) mass is 326 g/mol. The van der Waals surface area contributed by atoms with E-state index in [0.29, 0.717) is 31.7 Å². The van der Waals surface area contributed by atoms with Gasteiger partial charge in [-0.05, 0) is 30.9 Å². The third-order valence-corrected chi connectivity index (χ3v) is 3.80. The van der Waals surface area contributed by atoms with Crippen LogP contribution in [0.2, 0.25) is 0 Å². The molecule has 1 aromatic carbocycles. The molecule has 1 N–H and O–H groups in total. The lowest BCUT2D eigenvalue weighted by Gasteiger charge is -2.32. The molecule has 5 nitrogen and oxygen atoms in total. The van der Waals surface area contributed by atoms with E-state index in [0.717, 1.165) is 25.0 Å². The second kappa shape index (κ2) is 8.01. The molecule has 7 heteroatoms. The van der Waals surface area contributed by atoms with Crippen LogP contribution in [-0.4, -0.2) is 50.1 Å². The molecule has 1 fully saturated rings. The Morgan fingerprint density at radius 2 is 2.00 bits per heavy atom. The molecule has 2 rings (SSSR count). The van der Waals surface area contributed by atoms with E-state index in [9.17, 15) is 18.4 Å². The molecule has 1 saturated heterocycles. The van der Waals surface area contributed by atoms with Gasteiger partial charge in [-0.3, -0.25) is 9.59 Å². The number of piperidine rings is 1. The van der Waals surface area contributed by atoms with Gasteiger partial charge in [0.15, 0.2) is 0 Å². The first kappa shape index (κ1) is 17.3. The molecule has 2 amide bonds. The summed E-state index contributed by atoms with van der Waals surface area (Å²) in [6, 6.07) is 2.54. The first-order valence-electron chi connectivity index (χ1n) is 7.50. The fraction of sp³-hybridized carbons (Fsp3) is 0.500. The number of methoxy groups -OCH3 is 1. The number of halogens is 2. The third kappa shape index (κ3) is 4.99. The number of ether oxygens (including phenoxy) is 1. The zero-order chi connectivity index (χ0) is 16.8. The normalized spacial score (nSPS) is 17.9. The van der Waals surface area contributed by atoms with Crippen LogP contribution in [-0.2, 0) is 9.53 Å². The topological polar surface area (TPSA) is 58.6 Å². The fourth-order valence-electron chi connectivity index (χ4n) is 2.72. The van der Waals surface area contributed by atoms with Crippen LogP contribution in [0.25, 0.3) is 0 Å². The molecule has 1 aromatic rings. The van der Waals surface area contributed by atoms with Gasteiger partial charge in [-0.1, -0.05) is 0 Å². The van der Waals surface area contributed by atoms with Crippen LogP contribution in [0.15, 0.2) is 18.2 Å². The van der Waals surface area contributed by atoms with Gasteiger partial charge in [0, 0.05) is 31.8 Å². The highest BCUT2D eigenvalue weighted by Crippen LogP contribution is 2.16. The van der Waals surface area contributed by atoms with E-state index in [-0.39, 0.29) is 18.0 Å². The number of likely N-dealkylation sites (tertiary alicyclic amines) is 1. The quantitative estimate of drug-likeness (QED) is 0.894. The van der Waals surface area contributed by atoms with E-state index in [1.54, 1.807) is 12.0 Å². The first-order chi connectivity index (χ1) is 11.0. The fourth-order valence-corrected chi connectivity index (χ4v) is 2.72. The lowest BCUT2D eigenvalue weighted by atomic mass is 9.99. The average Bonchev–Trinajstić information content (AvgIpc) is 2.52. The number of amides is 2. The van der Waals surface area contributed by atoms with E-state index in [4.69, 9.17) is 4.74 Å².